The van der Waals surface area contributed by atoms with Gasteiger partial charge in [0, 0.05) is 5.56 Å². The first-order valence-electron chi connectivity index (χ1n) is 3.54. The quantitative estimate of drug-likeness (QED) is 0.563. The molecule has 1 aromatic heterocycles. The standard InChI is InChI=1S/C7H5F3N2O2/c8-3-5-4(6(9)10)1-2-11-7(5)12(13)14/h1-2,6H,3H2. The van der Waals surface area contributed by atoms with Crippen molar-refractivity contribution in [2.45, 2.75) is 13.1 Å². The van der Waals surface area contributed by atoms with E-state index >= 15 is 0 Å². The largest absolute Gasteiger partial charge is 0.369 e. The molecular formula is C7H5F3N2O2. The van der Waals surface area contributed by atoms with Crippen LogP contribution in [0.15, 0.2) is 12.3 Å². The van der Waals surface area contributed by atoms with E-state index in [1.165, 1.54) is 0 Å². The molecule has 4 nitrogen and oxygen atoms in total. The zero-order valence-corrected chi connectivity index (χ0v) is 6.78. The van der Waals surface area contributed by atoms with Gasteiger partial charge in [-0.05, 0) is 16.0 Å². The third-order valence-corrected chi connectivity index (χ3v) is 1.61. The molecule has 0 atom stereocenters. The van der Waals surface area contributed by atoms with Gasteiger partial charge in [-0.3, -0.25) is 0 Å². The summed E-state index contributed by atoms with van der Waals surface area (Å²) in [6.07, 6.45) is -2.08. The van der Waals surface area contributed by atoms with Crippen LogP contribution >= 0.6 is 0 Å². The van der Waals surface area contributed by atoms with Gasteiger partial charge in [-0.25, -0.2) is 13.2 Å². The number of nitro groups is 1. The lowest BCUT2D eigenvalue weighted by Crippen LogP contribution is -2.01. The maximum absolute atomic E-state index is 12.3. The summed E-state index contributed by atoms with van der Waals surface area (Å²) in [5.41, 5.74) is -1.35. The highest BCUT2D eigenvalue weighted by Gasteiger charge is 2.23. The van der Waals surface area contributed by atoms with Crippen LogP contribution in [0.3, 0.4) is 0 Å². The second kappa shape index (κ2) is 4.03. The van der Waals surface area contributed by atoms with E-state index in [4.69, 9.17) is 0 Å². The Bertz CT molecular complexity index is 357. The third-order valence-electron chi connectivity index (χ3n) is 1.61. The molecule has 1 aromatic rings. The average Bonchev–Trinajstić information content (AvgIpc) is 2.16. The van der Waals surface area contributed by atoms with Gasteiger partial charge in [0.25, 0.3) is 6.43 Å². The fraction of sp³-hybridized carbons (Fsp3) is 0.286. The van der Waals surface area contributed by atoms with Crippen molar-refractivity contribution in [2.75, 3.05) is 0 Å². The van der Waals surface area contributed by atoms with Gasteiger partial charge in [0.1, 0.15) is 12.9 Å². The van der Waals surface area contributed by atoms with Crippen molar-refractivity contribution < 1.29 is 18.1 Å². The minimum Gasteiger partial charge on any atom is -0.358 e. The number of hydrogen-bond acceptors (Lipinski definition) is 3. The van der Waals surface area contributed by atoms with Crippen LogP contribution in [0.1, 0.15) is 17.6 Å². The van der Waals surface area contributed by atoms with E-state index < -0.39 is 35.0 Å². The summed E-state index contributed by atoms with van der Waals surface area (Å²) < 4.78 is 36.8. The monoisotopic (exact) mass is 206 g/mol. The first kappa shape index (κ1) is 10.4. The zero-order chi connectivity index (χ0) is 10.7. The summed E-state index contributed by atoms with van der Waals surface area (Å²) in [4.78, 5) is 12.5. The Hall–Kier alpha value is -1.66. The lowest BCUT2D eigenvalue weighted by Gasteiger charge is -2.04. The van der Waals surface area contributed by atoms with Crippen molar-refractivity contribution in [1.82, 2.24) is 4.98 Å². The molecular weight excluding hydrogens is 201 g/mol. The van der Waals surface area contributed by atoms with E-state index in [-0.39, 0.29) is 0 Å². The highest BCUT2D eigenvalue weighted by atomic mass is 19.3. The van der Waals surface area contributed by atoms with E-state index in [2.05, 4.69) is 4.98 Å². The molecule has 0 radical (unpaired) electrons. The Balaban J connectivity index is 3.32. The van der Waals surface area contributed by atoms with Crippen molar-refractivity contribution in [3.63, 3.8) is 0 Å². The first-order valence-corrected chi connectivity index (χ1v) is 3.54. The van der Waals surface area contributed by atoms with Gasteiger partial charge >= 0.3 is 5.82 Å². The highest BCUT2D eigenvalue weighted by molar-refractivity contribution is 5.39. The molecule has 0 saturated carbocycles. The molecule has 0 bridgehead atoms. The van der Waals surface area contributed by atoms with Crippen molar-refractivity contribution in [3.8, 4) is 0 Å². The molecule has 0 saturated heterocycles. The molecule has 1 rings (SSSR count). The SMILES string of the molecule is O=[N+]([O-])c1nccc(C(F)F)c1CF. The number of hydrogen-bond donors (Lipinski definition) is 0. The van der Waals surface area contributed by atoms with Crippen molar-refractivity contribution in [1.29, 1.82) is 0 Å². The Labute approximate surface area is 76.5 Å². The summed E-state index contributed by atoms with van der Waals surface area (Å²) in [6, 6.07) is 0.868. The van der Waals surface area contributed by atoms with E-state index in [1.54, 1.807) is 0 Å². The predicted octanol–water partition coefficient (Wildman–Crippen LogP) is 2.40. The average molecular weight is 206 g/mol. The fourth-order valence-corrected chi connectivity index (χ4v) is 0.994. The lowest BCUT2D eigenvalue weighted by molar-refractivity contribution is -0.390. The molecule has 0 spiro atoms. The molecule has 0 unspecified atom stereocenters. The number of alkyl halides is 3. The molecule has 0 aliphatic carbocycles. The maximum atomic E-state index is 12.3. The highest BCUT2D eigenvalue weighted by Crippen LogP contribution is 2.28. The van der Waals surface area contributed by atoms with E-state index in [0.29, 0.717) is 0 Å². The molecule has 76 valence electrons. The number of aromatic nitrogens is 1. The molecule has 7 heteroatoms. The van der Waals surface area contributed by atoms with Gasteiger partial charge in [0.05, 0.1) is 5.56 Å². The molecule has 0 N–H and O–H groups in total. The normalized spacial score (nSPS) is 10.6. The van der Waals surface area contributed by atoms with Gasteiger partial charge in [-0.2, -0.15) is 0 Å². The van der Waals surface area contributed by atoms with Crippen LogP contribution in [-0.4, -0.2) is 9.91 Å². The molecule has 0 aromatic carbocycles. The lowest BCUT2D eigenvalue weighted by atomic mass is 10.1. The van der Waals surface area contributed by atoms with Crippen molar-refractivity contribution >= 4 is 5.82 Å². The smallest absolute Gasteiger partial charge is 0.358 e. The Morgan fingerprint density at radius 3 is 2.64 bits per heavy atom. The number of nitrogens with zero attached hydrogens (tertiary/aromatic N) is 2. The predicted molar refractivity (Wildman–Crippen MR) is 40.7 cm³/mol. The number of rotatable bonds is 3. The van der Waals surface area contributed by atoms with Crippen LogP contribution < -0.4 is 0 Å². The van der Waals surface area contributed by atoms with E-state index in [1.807, 2.05) is 0 Å². The summed E-state index contributed by atoms with van der Waals surface area (Å²) in [5, 5.41) is 10.3. The zero-order valence-electron chi connectivity index (χ0n) is 6.78. The fourth-order valence-electron chi connectivity index (χ4n) is 0.994. The van der Waals surface area contributed by atoms with Gasteiger partial charge < -0.3 is 10.1 Å². The van der Waals surface area contributed by atoms with Gasteiger partial charge in [-0.1, -0.05) is 0 Å². The molecule has 0 fully saturated rings. The molecule has 14 heavy (non-hydrogen) atoms. The van der Waals surface area contributed by atoms with Gasteiger partial charge in [-0.15, -0.1) is 0 Å². The van der Waals surface area contributed by atoms with Gasteiger partial charge in [0.2, 0.25) is 0 Å². The van der Waals surface area contributed by atoms with E-state index in [0.717, 1.165) is 12.3 Å². The summed E-state index contributed by atoms with van der Waals surface area (Å²) in [6.45, 7) is -1.33. The number of pyridine rings is 1. The second-order valence-electron chi connectivity index (χ2n) is 2.39. The summed E-state index contributed by atoms with van der Waals surface area (Å²) in [5.74, 6) is -0.856. The minimum atomic E-state index is -2.94. The van der Waals surface area contributed by atoms with Crippen molar-refractivity contribution in [3.05, 3.63) is 33.5 Å². The molecule has 0 amide bonds. The van der Waals surface area contributed by atoms with Crippen LogP contribution in [-0.2, 0) is 6.67 Å². The van der Waals surface area contributed by atoms with Crippen LogP contribution in [0.25, 0.3) is 0 Å². The molecule has 0 aliphatic heterocycles. The van der Waals surface area contributed by atoms with Gasteiger partial charge in [0.15, 0.2) is 0 Å². The topological polar surface area (TPSA) is 56.0 Å². The van der Waals surface area contributed by atoms with E-state index in [9.17, 15) is 23.3 Å². The van der Waals surface area contributed by atoms with Crippen LogP contribution in [0.4, 0.5) is 19.0 Å². The summed E-state index contributed by atoms with van der Waals surface area (Å²) in [7, 11) is 0. The van der Waals surface area contributed by atoms with Crippen LogP contribution in [0, 0.1) is 10.1 Å². The number of halogens is 3. The summed E-state index contributed by atoms with van der Waals surface area (Å²) >= 11 is 0. The molecule has 0 aliphatic rings. The van der Waals surface area contributed by atoms with Crippen molar-refractivity contribution in [2.24, 2.45) is 0 Å². The van der Waals surface area contributed by atoms with Crippen LogP contribution in [0.5, 0.6) is 0 Å². The minimum absolute atomic E-state index is 0.660. The maximum Gasteiger partial charge on any atom is 0.369 e. The Kier molecular flexibility index (Phi) is 3.00. The third kappa shape index (κ3) is 1.81. The van der Waals surface area contributed by atoms with Crippen LogP contribution in [0.2, 0.25) is 0 Å². The Morgan fingerprint density at radius 2 is 2.21 bits per heavy atom. The Morgan fingerprint density at radius 1 is 1.57 bits per heavy atom. The first-order chi connectivity index (χ1) is 6.57. The second-order valence-corrected chi connectivity index (χ2v) is 2.39. The molecule has 1 heterocycles.